The number of fused-ring (bicyclic) bond motifs is 2. The number of H-pyrrole nitrogens is 1. The van der Waals surface area contributed by atoms with E-state index in [1.165, 1.54) is 6.07 Å². The highest BCUT2D eigenvalue weighted by Crippen LogP contribution is 2.32. The number of amides is 1. The second kappa shape index (κ2) is 6.34. The van der Waals surface area contributed by atoms with Crippen molar-refractivity contribution in [1.82, 2.24) is 15.0 Å². The predicted molar refractivity (Wildman–Crippen MR) is 103 cm³/mol. The van der Waals surface area contributed by atoms with E-state index in [1.807, 2.05) is 31.2 Å². The molecule has 28 heavy (non-hydrogen) atoms. The lowest BCUT2D eigenvalue weighted by atomic mass is 10.0. The molecule has 3 heterocycles. The number of carbonyl (C=O) groups excluding carboxylic acids is 1. The number of aromatic amines is 1. The summed E-state index contributed by atoms with van der Waals surface area (Å²) in [6.45, 7) is 2.83. The van der Waals surface area contributed by atoms with Crippen molar-refractivity contribution in [3.8, 4) is 11.3 Å². The van der Waals surface area contributed by atoms with Gasteiger partial charge in [-0.15, -0.1) is 0 Å². The van der Waals surface area contributed by atoms with E-state index in [4.69, 9.17) is 4.52 Å². The molecule has 1 aliphatic heterocycles. The van der Waals surface area contributed by atoms with E-state index in [9.17, 15) is 9.18 Å². The van der Waals surface area contributed by atoms with Crippen molar-refractivity contribution in [3.05, 3.63) is 76.9 Å². The maximum Gasteiger partial charge on any atom is 0.270 e. The Hall–Kier alpha value is -3.41. The van der Waals surface area contributed by atoms with Crippen LogP contribution in [0.2, 0.25) is 0 Å². The van der Waals surface area contributed by atoms with E-state index < -0.39 is 0 Å². The van der Waals surface area contributed by atoms with Crippen molar-refractivity contribution >= 4 is 16.8 Å². The molecule has 1 aliphatic rings. The molecule has 0 fully saturated rings. The highest BCUT2D eigenvalue weighted by Gasteiger charge is 2.30. The number of hydrogen-bond acceptors (Lipinski definition) is 3. The van der Waals surface area contributed by atoms with Crippen molar-refractivity contribution in [2.75, 3.05) is 6.54 Å². The van der Waals surface area contributed by atoms with Crippen molar-refractivity contribution in [3.63, 3.8) is 0 Å². The number of rotatable bonds is 2. The minimum Gasteiger partial charge on any atom is -0.360 e. The smallest absolute Gasteiger partial charge is 0.270 e. The van der Waals surface area contributed by atoms with Gasteiger partial charge in [-0.05, 0) is 30.7 Å². The zero-order valence-corrected chi connectivity index (χ0v) is 15.3. The minimum absolute atomic E-state index is 0.0694. The molecule has 5 nitrogen and oxygen atoms in total. The minimum atomic E-state index is -0.353. The van der Waals surface area contributed by atoms with Crippen molar-refractivity contribution in [2.24, 2.45) is 0 Å². The van der Waals surface area contributed by atoms with Gasteiger partial charge < -0.3 is 14.4 Å². The van der Waals surface area contributed by atoms with Crippen LogP contribution in [0.15, 0.2) is 53.1 Å². The Labute approximate surface area is 160 Å². The predicted octanol–water partition coefficient (Wildman–Crippen LogP) is 4.47. The summed E-state index contributed by atoms with van der Waals surface area (Å²) >= 11 is 0. The summed E-state index contributed by atoms with van der Waals surface area (Å²) in [5.41, 5.74) is 4.11. The van der Waals surface area contributed by atoms with E-state index in [-0.39, 0.29) is 11.7 Å². The molecule has 140 valence electrons. The van der Waals surface area contributed by atoms with E-state index in [0.29, 0.717) is 36.5 Å². The number of benzene rings is 2. The standard InChI is InChI=1S/C22H18FN3O2/c1-13-14-6-3-5-9-18(14)24-20(13)22(27)26-11-10-19-16(12-26)21(25-28-19)15-7-2-4-8-17(15)23/h2-9,24H,10-12H2,1H3. The lowest BCUT2D eigenvalue weighted by molar-refractivity contribution is 0.0723. The molecule has 2 aromatic carbocycles. The van der Waals surface area contributed by atoms with Crippen LogP contribution in [-0.4, -0.2) is 27.5 Å². The summed E-state index contributed by atoms with van der Waals surface area (Å²) in [6, 6.07) is 14.3. The van der Waals surface area contributed by atoms with E-state index in [0.717, 1.165) is 27.8 Å². The van der Waals surface area contributed by atoms with Gasteiger partial charge in [-0.2, -0.15) is 0 Å². The first-order valence-electron chi connectivity index (χ1n) is 9.22. The van der Waals surface area contributed by atoms with E-state index in [1.54, 1.807) is 23.1 Å². The summed E-state index contributed by atoms with van der Waals surface area (Å²) in [5.74, 6) is 0.296. The molecule has 0 saturated carbocycles. The molecule has 2 aromatic heterocycles. The summed E-state index contributed by atoms with van der Waals surface area (Å²) in [7, 11) is 0. The van der Waals surface area contributed by atoms with Crippen LogP contribution in [0.25, 0.3) is 22.2 Å². The molecule has 5 rings (SSSR count). The second-order valence-corrected chi connectivity index (χ2v) is 7.06. The summed E-state index contributed by atoms with van der Waals surface area (Å²) < 4.78 is 19.7. The number of nitrogens with one attached hydrogen (secondary N) is 1. The third-order valence-electron chi connectivity index (χ3n) is 5.42. The van der Waals surface area contributed by atoms with Gasteiger partial charge in [0.05, 0.1) is 6.54 Å². The topological polar surface area (TPSA) is 62.1 Å². The highest BCUT2D eigenvalue weighted by atomic mass is 19.1. The fourth-order valence-corrected chi connectivity index (χ4v) is 3.90. The highest BCUT2D eigenvalue weighted by molar-refractivity contribution is 6.01. The first kappa shape index (κ1) is 16.7. The van der Waals surface area contributed by atoms with Gasteiger partial charge in [0.15, 0.2) is 0 Å². The van der Waals surface area contributed by atoms with Gasteiger partial charge in [0, 0.05) is 35.0 Å². The Morgan fingerprint density at radius 1 is 1.18 bits per heavy atom. The molecule has 0 bridgehead atoms. The number of aryl methyl sites for hydroxylation is 1. The van der Waals surface area contributed by atoms with Crippen LogP contribution in [0.3, 0.4) is 0 Å². The van der Waals surface area contributed by atoms with E-state index in [2.05, 4.69) is 10.1 Å². The van der Waals surface area contributed by atoms with E-state index >= 15 is 0 Å². The Balaban J connectivity index is 1.50. The van der Waals surface area contributed by atoms with Crippen molar-refractivity contribution in [2.45, 2.75) is 19.9 Å². The zero-order chi connectivity index (χ0) is 19.3. The van der Waals surface area contributed by atoms with Gasteiger partial charge in [0.1, 0.15) is 23.0 Å². The van der Waals surface area contributed by atoms with Gasteiger partial charge in [-0.1, -0.05) is 35.5 Å². The number of nitrogens with zero attached hydrogens (tertiary/aromatic N) is 2. The number of para-hydroxylation sites is 1. The molecular weight excluding hydrogens is 357 g/mol. The van der Waals surface area contributed by atoms with Gasteiger partial charge in [0.25, 0.3) is 5.91 Å². The number of aromatic nitrogens is 2. The summed E-state index contributed by atoms with van der Waals surface area (Å²) in [6.07, 6.45) is 0.557. The SMILES string of the molecule is Cc1c(C(=O)N2CCc3onc(-c4ccccc4F)c3C2)[nH]c2ccccc12. The molecule has 1 amide bonds. The zero-order valence-electron chi connectivity index (χ0n) is 15.3. The monoisotopic (exact) mass is 375 g/mol. The van der Waals surface area contributed by atoms with Crippen LogP contribution in [0.5, 0.6) is 0 Å². The average molecular weight is 375 g/mol. The van der Waals surface area contributed by atoms with Crippen LogP contribution in [0.1, 0.15) is 27.4 Å². The summed E-state index contributed by atoms with van der Waals surface area (Å²) in [4.78, 5) is 18.2. The van der Waals surface area contributed by atoms with Crippen LogP contribution in [-0.2, 0) is 13.0 Å². The molecule has 0 atom stereocenters. The van der Waals surface area contributed by atoms with Crippen LogP contribution in [0.4, 0.5) is 4.39 Å². The van der Waals surface area contributed by atoms with Gasteiger partial charge >= 0.3 is 0 Å². The fraction of sp³-hybridized carbons (Fsp3) is 0.182. The molecule has 1 N–H and O–H groups in total. The third-order valence-corrected chi connectivity index (χ3v) is 5.42. The normalized spacial score (nSPS) is 13.7. The van der Waals surface area contributed by atoms with Crippen molar-refractivity contribution < 1.29 is 13.7 Å². The first-order chi connectivity index (χ1) is 13.6. The molecule has 0 aliphatic carbocycles. The maximum absolute atomic E-state index is 14.2. The molecule has 6 heteroatoms. The Morgan fingerprint density at radius 3 is 2.79 bits per heavy atom. The lowest BCUT2D eigenvalue weighted by Crippen LogP contribution is -2.36. The second-order valence-electron chi connectivity index (χ2n) is 7.06. The van der Waals surface area contributed by atoms with Gasteiger partial charge in [-0.25, -0.2) is 4.39 Å². The van der Waals surface area contributed by atoms with Crippen LogP contribution in [0, 0.1) is 12.7 Å². The average Bonchev–Trinajstić information content (AvgIpc) is 3.29. The molecular formula is C22H18FN3O2. The molecule has 4 aromatic rings. The van der Waals surface area contributed by atoms with Crippen molar-refractivity contribution in [1.29, 1.82) is 0 Å². The largest absolute Gasteiger partial charge is 0.360 e. The Bertz CT molecular complexity index is 1210. The molecule has 0 unspecified atom stereocenters. The van der Waals surface area contributed by atoms with Gasteiger partial charge in [0.2, 0.25) is 0 Å². The number of carbonyl (C=O) groups is 1. The third kappa shape index (κ3) is 2.52. The number of halogens is 1. The van der Waals surface area contributed by atoms with Gasteiger partial charge in [-0.3, -0.25) is 4.79 Å². The Morgan fingerprint density at radius 2 is 1.96 bits per heavy atom. The first-order valence-corrected chi connectivity index (χ1v) is 9.22. The quantitative estimate of drug-likeness (QED) is 0.562. The molecule has 0 spiro atoms. The maximum atomic E-state index is 14.2. The molecule has 0 saturated heterocycles. The lowest BCUT2D eigenvalue weighted by Gasteiger charge is -2.26. The van der Waals surface area contributed by atoms with Crippen LogP contribution >= 0.6 is 0 Å². The number of hydrogen-bond donors (Lipinski definition) is 1. The fourth-order valence-electron chi connectivity index (χ4n) is 3.90. The molecule has 0 radical (unpaired) electrons. The van der Waals surface area contributed by atoms with Crippen LogP contribution < -0.4 is 0 Å². The Kier molecular flexibility index (Phi) is 3.79. The summed E-state index contributed by atoms with van der Waals surface area (Å²) in [5, 5.41) is 5.13.